The summed E-state index contributed by atoms with van der Waals surface area (Å²) in [6.07, 6.45) is 0.404. The molecule has 1 fully saturated rings. The Balaban J connectivity index is 2.02. The molecule has 22 heavy (non-hydrogen) atoms. The number of amides is 3. The van der Waals surface area contributed by atoms with E-state index >= 15 is 0 Å². The van der Waals surface area contributed by atoms with Crippen LogP contribution < -0.4 is 5.32 Å². The van der Waals surface area contributed by atoms with Crippen molar-refractivity contribution in [2.24, 2.45) is 0 Å². The van der Waals surface area contributed by atoms with Gasteiger partial charge in [-0.3, -0.25) is 19.7 Å². The maximum absolute atomic E-state index is 12.6. The van der Waals surface area contributed by atoms with E-state index in [9.17, 15) is 14.4 Å². The van der Waals surface area contributed by atoms with Gasteiger partial charge in [0, 0.05) is 18.5 Å². The Kier molecular flexibility index (Phi) is 3.11. The number of carbonyl (C=O) groups excluding carboxylic acids is 3. The van der Waals surface area contributed by atoms with E-state index < -0.39 is 17.9 Å². The fourth-order valence-electron chi connectivity index (χ4n) is 2.87. The summed E-state index contributed by atoms with van der Waals surface area (Å²) < 4.78 is 0. The topological polar surface area (TPSA) is 114 Å². The van der Waals surface area contributed by atoms with Crippen LogP contribution in [0.2, 0.25) is 0 Å². The van der Waals surface area contributed by atoms with Crippen molar-refractivity contribution >= 4 is 17.7 Å². The summed E-state index contributed by atoms with van der Waals surface area (Å²) in [5.74, 6) is -1.33. The molecular formula is C15H10N4O3. The van der Waals surface area contributed by atoms with Gasteiger partial charge in [0.2, 0.25) is 11.8 Å². The van der Waals surface area contributed by atoms with Crippen molar-refractivity contribution in [2.45, 2.75) is 25.4 Å². The number of benzene rings is 1. The van der Waals surface area contributed by atoms with Crippen molar-refractivity contribution in [3.8, 4) is 12.1 Å². The van der Waals surface area contributed by atoms with Crippen molar-refractivity contribution in [3.05, 3.63) is 34.4 Å². The largest absolute Gasteiger partial charge is 0.322 e. The predicted molar refractivity (Wildman–Crippen MR) is 71.9 cm³/mol. The van der Waals surface area contributed by atoms with Crippen LogP contribution in [0, 0.1) is 22.7 Å². The number of fused-ring (bicyclic) bond motifs is 1. The van der Waals surface area contributed by atoms with Crippen LogP contribution in [0.15, 0.2) is 12.1 Å². The molecule has 0 spiro atoms. The van der Waals surface area contributed by atoms with Gasteiger partial charge in [0.25, 0.3) is 5.91 Å². The smallest absolute Gasteiger partial charge is 0.256 e. The maximum Gasteiger partial charge on any atom is 0.256 e. The first-order valence-electron chi connectivity index (χ1n) is 6.67. The SMILES string of the molecule is N#Cc1ccc(C#N)c2c1CN(C1CCC(=O)NC1=O)C2=O. The maximum atomic E-state index is 12.6. The van der Waals surface area contributed by atoms with E-state index in [4.69, 9.17) is 10.5 Å². The van der Waals surface area contributed by atoms with Gasteiger partial charge in [-0.2, -0.15) is 10.5 Å². The summed E-state index contributed by atoms with van der Waals surface area (Å²) in [6.45, 7) is 0.0961. The van der Waals surface area contributed by atoms with Crippen LogP contribution in [-0.2, 0) is 16.1 Å². The molecule has 3 rings (SSSR count). The van der Waals surface area contributed by atoms with Crippen LogP contribution >= 0.6 is 0 Å². The third-order valence-electron chi connectivity index (χ3n) is 3.94. The summed E-state index contributed by atoms with van der Waals surface area (Å²) in [5.41, 5.74) is 1.16. The van der Waals surface area contributed by atoms with Crippen molar-refractivity contribution < 1.29 is 14.4 Å². The third kappa shape index (κ3) is 1.92. The fourth-order valence-corrected chi connectivity index (χ4v) is 2.87. The van der Waals surface area contributed by atoms with Crippen LogP contribution in [0.3, 0.4) is 0 Å². The highest BCUT2D eigenvalue weighted by Gasteiger charge is 2.41. The molecule has 1 atom stereocenters. The molecular weight excluding hydrogens is 284 g/mol. The average molecular weight is 294 g/mol. The lowest BCUT2D eigenvalue weighted by Gasteiger charge is -2.29. The van der Waals surface area contributed by atoms with Crippen LogP contribution in [0.1, 0.15) is 39.9 Å². The first-order chi connectivity index (χ1) is 10.6. The van der Waals surface area contributed by atoms with Gasteiger partial charge < -0.3 is 4.90 Å². The first kappa shape index (κ1) is 13.8. The molecule has 0 aromatic heterocycles. The van der Waals surface area contributed by atoms with Gasteiger partial charge in [-0.05, 0) is 18.6 Å². The molecule has 3 amide bonds. The normalized spacial score (nSPS) is 20.2. The van der Waals surface area contributed by atoms with Gasteiger partial charge in [-0.1, -0.05) is 0 Å². The Morgan fingerprint density at radius 3 is 2.45 bits per heavy atom. The van der Waals surface area contributed by atoms with Crippen LogP contribution in [0.4, 0.5) is 0 Å². The Bertz CT molecular complexity index is 800. The number of piperidine rings is 1. The molecule has 0 bridgehead atoms. The van der Waals surface area contributed by atoms with Crippen molar-refractivity contribution in [1.29, 1.82) is 10.5 Å². The molecule has 1 N–H and O–H groups in total. The highest BCUT2D eigenvalue weighted by molar-refractivity contribution is 6.06. The summed E-state index contributed by atoms with van der Waals surface area (Å²) in [7, 11) is 0. The highest BCUT2D eigenvalue weighted by Crippen LogP contribution is 2.31. The van der Waals surface area contributed by atoms with E-state index in [1.165, 1.54) is 17.0 Å². The van der Waals surface area contributed by atoms with E-state index in [0.29, 0.717) is 11.1 Å². The van der Waals surface area contributed by atoms with Gasteiger partial charge >= 0.3 is 0 Å². The lowest BCUT2D eigenvalue weighted by molar-refractivity contribution is -0.136. The minimum atomic E-state index is -0.754. The predicted octanol–water partition coefficient (Wildman–Crippen LogP) is 0.191. The lowest BCUT2D eigenvalue weighted by Crippen LogP contribution is -2.52. The number of rotatable bonds is 1. The van der Waals surface area contributed by atoms with E-state index in [1.54, 1.807) is 0 Å². The Labute approximate surface area is 125 Å². The van der Waals surface area contributed by atoms with Crippen molar-refractivity contribution in [1.82, 2.24) is 10.2 Å². The second kappa shape index (κ2) is 4.97. The zero-order valence-corrected chi connectivity index (χ0v) is 11.4. The summed E-state index contributed by atoms with van der Waals surface area (Å²) in [6, 6.07) is 6.12. The molecule has 1 aromatic carbocycles. The molecule has 0 aliphatic carbocycles. The number of nitrogens with zero attached hydrogens (tertiary/aromatic N) is 3. The molecule has 2 heterocycles. The zero-order chi connectivity index (χ0) is 15.9. The van der Waals surface area contributed by atoms with Crippen LogP contribution in [0.5, 0.6) is 0 Å². The minimum absolute atomic E-state index is 0.0961. The number of hydrogen-bond acceptors (Lipinski definition) is 5. The molecule has 0 saturated carbocycles. The molecule has 108 valence electrons. The molecule has 2 aliphatic rings. The number of carbonyl (C=O) groups is 3. The van der Waals surface area contributed by atoms with Gasteiger partial charge in [-0.25, -0.2) is 0 Å². The van der Waals surface area contributed by atoms with Gasteiger partial charge in [0.1, 0.15) is 6.04 Å². The monoisotopic (exact) mass is 294 g/mol. The second-order valence-corrected chi connectivity index (χ2v) is 5.14. The molecule has 0 radical (unpaired) electrons. The standard InChI is InChI=1S/C15H10N4O3/c16-5-8-1-2-9(6-17)13-10(8)7-19(15(13)22)11-3-4-12(20)18-14(11)21/h1-2,11H,3-4,7H2,(H,18,20,21). The molecule has 1 unspecified atom stereocenters. The lowest BCUT2D eigenvalue weighted by atomic mass is 9.99. The summed E-state index contributed by atoms with van der Waals surface area (Å²) in [4.78, 5) is 37.1. The molecule has 2 aliphatic heterocycles. The summed E-state index contributed by atoms with van der Waals surface area (Å²) in [5, 5.41) is 20.5. The van der Waals surface area contributed by atoms with E-state index in [1.807, 2.05) is 12.1 Å². The summed E-state index contributed by atoms with van der Waals surface area (Å²) >= 11 is 0. The van der Waals surface area contributed by atoms with Crippen molar-refractivity contribution in [3.63, 3.8) is 0 Å². The second-order valence-electron chi connectivity index (χ2n) is 5.14. The van der Waals surface area contributed by atoms with Gasteiger partial charge in [0.05, 0.1) is 28.8 Å². The number of nitrogens with one attached hydrogen (secondary N) is 1. The molecule has 1 saturated heterocycles. The molecule has 7 heteroatoms. The fraction of sp³-hybridized carbons (Fsp3) is 0.267. The number of nitriles is 2. The third-order valence-corrected chi connectivity index (χ3v) is 3.94. The van der Waals surface area contributed by atoms with Crippen LogP contribution in [-0.4, -0.2) is 28.7 Å². The Morgan fingerprint density at radius 2 is 1.82 bits per heavy atom. The Hall–Kier alpha value is -3.19. The molecule has 1 aromatic rings. The number of imide groups is 1. The van der Waals surface area contributed by atoms with Crippen LogP contribution in [0.25, 0.3) is 0 Å². The number of hydrogen-bond donors (Lipinski definition) is 1. The first-order valence-corrected chi connectivity index (χ1v) is 6.67. The van der Waals surface area contributed by atoms with Gasteiger partial charge in [-0.15, -0.1) is 0 Å². The van der Waals surface area contributed by atoms with E-state index in [2.05, 4.69) is 5.32 Å². The van der Waals surface area contributed by atoms with E-state index in [-0.39, 0.29) is 36.4 Å². The average Bonchev–Trinajstić information content (AvgIpc) is 2.84. The quantitative estimate of drug-likeness (QED) is 0.743. The highest BCUT2D eigenvalue weighted by atomic mass is 16.2. The Morgan fingerprint density at radius 1 is 1.14 bits per heavy atom. The van der Waals surface area contributed by atoms with E-state index in [0.717, 1.165) is 0 Å². The molecule has 7 nitrogen and oxygen atoms in total. The van der Waals surface area contributed by atoms with Crippen molar-refractivity contribution in [2.75, 3.05) is 0 Å². The van der Waals surface area contributed by atoms with Gasteiger partial charge in [0.15, 0.2) is 0 Å². The minimum Gasteiger partial charge on any atom is -0.322 e. The zero-order valence-electron chi connectivity index (χ0n) is 11.4.